The Morgan fingerprint density at radius 2 is 1.90 bits per heavy atom. The fourth-order valence-corrected chi connectivity index (χ4v) is 2.54. The lowest BCUT2D eigenvalue weighted by Crippen LogP contribution is -2.31. The van der Waals surface area contributed by atoms with Gasteiger partial charge in [-0.3, -0.25) is 0 Å². The van der Waals surface area contributed by atoms with Gasteiger partial charge in [0.05, 0.1) is 5.56 Å². The number of rotatable bonds is 2. The second kappa shape index (κ2) is 5.14. The Kier molecular flexibility index (Phi) is 3.44. The number of halogens is 3. The molecule has 0 spiro atoms. The van der Waals surface area contributed by atoms with E-state index in [0.717, 1.165) is 42.3 Å². The quantitative estimate of drug-likeness (QED) is 0.924. The Balaban J connectivity index is 1.78. The first-order chi connectivity index (χ1) is 9.93. The van der Waals surface area contributed by atoms with Crippen LogP contribution in [-0.4, -0.2) is 20.8 Å². The standard InChI is InChI=1S/C14H15F3N4/c15-14(16,17)10-3-1-9(2-4-10)7-12-19-20-13-8-11(18)5-6-21(12)13/h1-4,11H,5-8,18H2. The van der Waals surface area contributed by atoms with Crippen molar-refractivity contribution in [2.75, 3.05) is 0 Å². The van der Waals surface area contributed by atoms with Crippen LogP contribution in [0.1, 0.15) is 29.2 Å². The van der Waals surface area contributed by atoms with Crippen LogP contribution < -0.4 is 5.73 Å². The molecule has 0 saturated heterocycles. The molecule has 0 aliphatic carbocycles. The van der Waals surface area contributed by atoms with Crippen molar-refractivity contribution in [1.29, 1.82) is 0 Å². The summed E-state index contributed by atoms with van der Waals surface area (Å²) < 4.78 is 39.6. The van der Waals surface area contributed by atoms with Crippen molar-refractivity contribution >= 4 is 0 Å². The predicted octanol–water partition coefficient (Wildman–Crippen LogP) is 2.16. The number of aromatic nitrogens is 3. The van der Waals surface area contributed by atoms with E-state index in [2.05, 4.69) is 10.2 Å². The highest BCUT2D eigenvalue weighted by atomic mass is 19.4. The first-order valence-electron chi connectivity index (χ1n) is 6.76. The van der Waals surface area contributed by atoms with Crippen molar-refractivity contribution in [3.05, 3.63) is 47.0 Å². The van der Waals surface area contributed by atoms with Gasteiger partial charge in [0, 0.05) is 25.4 Å². The van der Waals surface area contributed by atoms with Gasteiger partial charge in [-0.1, -0.05) is 12.1 Å². The van der Waals surface area contributed by atoms with Crippen molar-refractivity contribution in [3.8, 4) is 0 Å². The number of nitrogens with two attached hydrogens (primary N) is 1. The average molecular weight is 296 g/mol. The summed E-state index contributed by atoms with van der Waals surface area (Å²) in [5.41, 5.74) is 6.03. The largest absolute Gasteiger partial charge is 0.416 e. The van der Waals surface area contributed by atoms with E-state index in [0.29, 0.717) is 12.8 Å². The third-order valence-electron chi connectivity index (χ3n) is 3.72. The Labute approximate surface area is 119 Å². The zero-order chi connectivity index (χ0) is 15.0. The molecule has 0 saturated carbocycles. The van der Waals surface area contributed by atoms with Crippen molar-refractivity contribution in [2.45, 2.75) is 38.0 Å². The second-order valence-corrected chi connectivity index (χ2v) is 5.31. The second-order valence-electron chi connectivity index (χ2n) is 5.31. The SMILES string of the molecule is NC1CCn2c(Cc3ccc(C(F)(F)F)cc3)nnc2C1. The molecule has 2 aromatic rings. The third kappa shape index (κ3) is 2.92. The first kappa shape index (κ1) is 14.1. The van der Waals surface area contributed by atoms with Gasteiger partial charge in [0.2, 0.25) is 0 Å². The number of nitrogens with zero attached hydrogens (tertiary/aromatic N) is 3. The summed E-state index contributed by atoms with van der Waals surface area (Å²) in [6, 6.07) is 5.27. The molecule has 1 aliphatic rings. The minimum absolute atomic E-state index is 0.112. The molecule has 0 amide bonds. The molecule has 0 fully saturated rings. The van der Waals surface area contributed by atoms with Gasteiger partial charge in [0.15, 0.2) is 0 Å². The fraction of sp³-hybridized carbons (Fsp3) is 0.429. The lowest BCUT2D eigenvalue weighted by molar-refractivity contribution is -0.137. The number of alkyl halides is 3. The summed E-state index contributed by atoms with van der Waals surface area (Å²) in [4.78, 5) is 0. The highest BCUT2D eigenvalue weighted by Crippen LogP contribution is 2.29. The summed E-state index contributed by atoms with van der Waals surface area (Å²) in [7, 11) is 0. The summed E-state index contributed by atoms with van der Waals surface area (Å²) in [6.45, 7) is 0.763. The number of hydrogen-bond acceptors (Lipinski definition) is 3. The molecule has 0 bridgehead atoms. The zero-order valence-electron chi connectivity index (χ0n) is 11.3. The molecular formula is C14H15F3N4. The molecule has 4 nitrogen and oxygen atoms in total. The maximum absolute atomic E-state index is 12.5. The molecule has 1 atom stereocenters. The van der Waals surface area contributed by atoms with E-state index in [9.17, 15) is 13.2 Å². The van der Waals surface area contributed by atoms with Crippen LogP contribution in [0.3, 0.4) is 0 Å². The van der Waals surface area contributed by atoms with E-state index in [4.69, 9.17) is 5.73 Å². The van der Waals surface area contributed by atoms with Crippen LogP contribution in [0.15, 0.2) is 24.3 Å². The maximum Gasteiger partial charge on any atom is 0.416 e. The van der Waals surface area contributed by atoms with E-state index >= 15 is 0 Å². The van der Waals surface area contributed by atoms with Crippen molar-refractivity contribution in [3.63, 3.8) is 0 Å². The maximum atomic E-state index is 12.5. The lowest BCUT2D eigenvalue weighted by atomic mass is 10.1. The van der Waals surface area contributed by atoms with Gasteiger partial charge in [-0.25, -0.2) is 0 Å². The van der Waals surface area contributed by atoms with Crippen molar-refractivity contribution in [1.82, 2.24) is 14.8 Å². The van der Waals surface area contributed by atoms with Crippen molar-refractivity contribution < 1.29 is 13.2 Å². The molecule has 0 radical (unpaired) electrons. The Hall–Kier alpha value is -1.89. The average Bonchev–Trinajstić information content (AvgIpc) is 2.80. The molecule has 1 aliphatic heterocycles. The zero-order valence-corrected chi connectivity index (χ0v) is 11.3. The van der Waals surface area contributed by atoms with Crippen molar-refractivity contribution in [2.24, 2.45) is 5.73 Å². The normalized spacial score (nSPS) is 18.6. The number of fused-ring (bicyclic) bond motifs is 1. The van der Waals surface area contributed by atoms with Gasteiger partial charge in [-0.15, -0.1) is 10.2 Å². The summed E-state index contributed by atoms with van der Waals surface area (Å²) in [6.07, 6.45) is -2.27. The topological polar surface area (TPSA) is 56.7 Å². The van der Waals surface area contributed by atoms with Gasteiger partial charge in [-0.05, 0) is 24.1 Å². The van der Waals surface area contributed by atoms with E-state index in [1.807, 2.05) is 4.57 Å². The molecule has 2 heterocycles. The number of hydrogen-bond donors (Lipinski definition) is 1. The van der Waals surface area contributed by atoms with Crippen LogP contribution in [0.4, 0.5) is 13.2 Å². The third-order valence-corrected chi connectivity index (χ3v) is 3.72. The molecule has 1 aromatic heterocycles. The lowest BCUT2D eigenvalue weighted by Gasteiger charge is -2.20. The summed E-state index contributed by atoms with van der Waals surface area (Å²) in [5, 5.41) is 8.25. The summed E-state index contributed by atoms with van der Waals surface area (Å²) in [5.74, 6) is 1.63. The minimum Gasteiger partial charge on any atom is -0.327 e. The molecule has 1 unspecified atom stereocenters. The molecule has 3 rings (SSSR count). The van der Waals surface area contributed by atoms with Gasteiger partial charge in [-0.2, -0.15) is 13.2 Å². The van der Waals surface area contributed by atoms with Gasteiger partial charge < -0.3 is 10.3 Å². The van der Waals surface area contributed by atoms with Crippen LogP contribution in [0.5, 0.6) is 0 Å². The minimum atomic E-state index is -4.30. The van der Waals surface area contributed by atoms with Crippen LogP contribution in [0.25, 0.3) is 0 Å². The smallest absolute Gasteiger partial charge is 0.327 e. The number of benzene rings is 1. The fourth-order valence-electron chi connectivity index (χ4n) is 2.54. The van der Waals surface area contributed by atoms with E-state index in [1.165, 1.54) is 12.1 Å². The molecular weight excluding hydrogens is 281 g/mol. The Bertz CT molecular complexity index is 631. The molecule has 112 valence electrons. The molecule has 1 aromatic carbocycles. The predicted molar refractivity (Wildman–Crippen MR) is 70.6 cm³/mol. The molecule has 2 N–H and O–H groups in total. The van der Waals surface area contributed by atoms with E-state index < -0.39 is 11.7 Å². The Morgan fingerprint density at radius 3 is 2.57 bits per heavy atom. The highest BCUT2D eigenvalue weighted by molar-refractivity contribution is 5.26. The van der Waals surface area contributed by atoms with Crippen LogP contribution in [-0.2, 0) is 25.6 Å². The highest BCUT2D eigenvalue weighted by Gasteiger charge is 2.30. The molecule has 7 heteroatoms. The Morgan fingerprint density at radius 1 is 1.19 bits per heavy atom. The molecule has 21 heavy (non-hydrogen) atoms. The van der Waals surface area contributed by atoms with Gasteiger partial charge >= 0.3 is 6.18 Å². The monoisotopic (exact) mass is 296 g/mol. The summed E-state index contributed by atoms with van der Waals surface area (Å²) >= 11 is 0. The van der Waals surface area contributed by atoms with Crippen LogP contribution >= 0.6 is 0 Å². The van der Waals surface area contributed by atoms with Crippen LogP contribution in [0.2, 0.25) is 0 Å². The van der Waals surface area contributed by atoms with Gasteiger partial charge in [0.25, 0.3) is 0 Å². The van der Waals surface area contributed by atoms with Crippen LogP contribution in [0, 0.1) is 0 Å². The van der Waals surface area contributed by atoms with E-state index in [1.54, 1.807) is 0 Å². The van der Waals surface area contributed by atoms with Gasteiger partial charge in [0.1, 0.15) is 11.6 Å². The van der Waals surface area contributed by atoms with E-state index in [-0.39, 0.29) is 6.04 Å². The first-order valence-corrected chi connectivity index (χ1v) is 6.76.